The number of hydrogen-bond donors (Lipinski definition) is 0. The van der Waals surface area contributed by atoms with Gasteiger partial charge in [0.2, 0.25) is 0 Å². The molecule has 3 aromatic carbocycles. The highest BCUT2D eigenvalue weighted by atomic mass is 16.5. The van der Waals surface area contributed by atoms with E-state index in [0.29, 0.717) is 22.8 Å². The molecule has 3 aromatic rings. The quantitative estimate of drug-likeness (QED) is 0.333. The first kappa shape index (κ1) is 20.9. The highest BCUT2D eigenvalue weighted by Gasteiger charge is 2.21. The number of benzene rings is 3. The second-order valence-electron chi connectivity index (χ2n) is 8.35. The summed E-state index contributed by atoms with van der Waals surface area (Å²) in [5.41, 5.74) is 4.56. The van der Waals surface area contributed by atoms with Gasteiger partial charge >= 0.3 is 5.97 Å². The Kier molecular flexibility index (Phi) is 6.48. The maximum absolute atomic E-state index is 12.6. The molecule has 0 unspecified atom stereocenters. The summed E-state index contributed by atoms with van der Waals surface area (Å²) in [6, 6.07) is 24.9. The van der Waals surface area contributed by atoms with Crippen LogP contribution >= 0.6 is 0 Å². The third-order valence-corrected chi connectivity index (χ3v) is 6.45. The molecule has 156 valence electrons. The lowest BCUT2D eigenvalue weighted by Gasteiger charge is -2.28. The Morgan fingerprint density at radius 3 is 2.00 bits per heavy atom. The van der Waals surface area contributed by atoms with E-state index < -0.39 is 0 Å². The molecule has 0 saturated heterocycles. The summed E-state index contributed by atoms with van der Waals surface area (Å²) in [7, 11) is 0. The van der Waals surface area contributed by atoms with Crippen molar-refractivity contribution in [3.8, 4) is 22.9 Å². The van der Waals surface area contributed by atoms with Crippen LogP contribution in [-0.2, 0) is 0 Å². The van der Waals surface area contributed by atoms with Crippen molar-refractivity contribution in [2.45, 2.75) is 44.9 Å². The van der Waals surface area contributed by atoms with E-state index in [-0.39, 0.29) is 5.97 Å². The zero-order valence-electron chi connectivity index (χ0n) is 17.9. The fourth-order valence-corrected chi connectivity index (χ4v) is 4.41. The van der Waals surface area contributed by atoms with Gasteiger partial charge in [-0.15, -0.1) is 0 Å². The van der Waals surface area contributed by atoms with E-state index in [4.69, 9.17) is 10.00 Å². The van der Waals surface area contributed by atoms with E-state index in [1.54, 1.807) is 24.3 Å². The predicted molar refractivity (Wildman–Crippen MR) is 123 cm³/mol. The van der Waals surface area contributed by atoms with E-state index in [0.717, 1.165) is 17.0 Å². The number of carbonyl (C=O) groups excluding carboxylic acids is 1. The molecule has 1 aliphatic rings. The molecule has 3 heteroatoms. The summed E-state index contributed by atoms with van der Waals surface area (Å²) in [5, 5.41) is 8.92. The Balaban J connectivity index is 1.37. The zero-order chi connectivity index (χ0) is 21.6. The first-order chi connectivity index (χ1) is 15.2. The third kappa shape index (κ3) is 5.03. The van der Waals surface area contributed by atoms with Crippen molar-refractivity contribution < 1.29 is 9.53 Å². The lowest BCUT2D eigenvalue weighted by molar-refractivity contribution is 0.0734. The number of ether oxygens (including phenoxy) is 1. The molecule has 0 amide bonds. The number of carbonyl (C=O) groups is 1. The minimum atomic E-state index is -0.340. The van der Waals surface area contributed by atoms with Gasteiger partial charge in [0.05, 0.1) is 17.2 Å². The van der Waals surface area contributed by atoms with Crippen LogP contribution in [0, 0.1) is 17.2 Å². The largest absolute Gasteiger partial charge is 0.423 e. The summed E-state index contributed by atoms with van der Waals surface area (Å²) in [6.45, 7) is 2.28. The Hall–Kier alpha value is -3.38. The molecule has 0 N–H and O–H groups in total. The number of rotatable bonds is 5. The predicted octanol–water partition coefficient (Wildman–Crippen LogP) is 7.13. The van der Waals surface area contributed by atoms with Crippen molar-refractivity contribution >= 4 is 5.97 Å². The number of esters is 1. The van der Waals surface area contributed by atoms with Gasteiger partial charge in [-0.3, -0.25) is 0 Å². The van der Waals surface area contributed by atoms with Crippen molar-refractivity contribution in [1.29, 1.82) is 5.26 Å². The second kappa shape index (κ2) is 9.62. The normalized spacial score (nSPS) is 18.2. The van der Waals surface area contributed by atoms with Crippen LogP contribution in [-0.4, -0.2) is 5.97 Å². The van der Waals surface area contributed by atoms with Crippen LogP contribution in [0.3, 0.4) is 0 Å². The Bertz CT molecular complexity index is 1050. The van der Waals surface area contributed by atoms with Crippen LogP contribution in [0.2, 0.25) is 0 Å². The average molecular weight is 410 g/mol. The van der Waals surface area contributed by atoms with Gasteiger partial charge in [-0.1, -0.05) is 49.7 Å². The molecule has 0 spiro atoms. The molecular weight excluding hydrogens is 382 g/mol. The summed E-state index contributed by atoms with van der Waals surface area (Å²) >= 11 is 0. The van der Waals surface area contributed by atoms with E-state index in [1.165, 1.54) is 37.7 Å². The average Bonchev–Trinajstić information content (AvgIpc) is 2.85. The maximum Gasteiger partial charge on any atom is 0.343 e. The minimum absolute atomic E-state index is 0.340. The molecule has 1 aliphatic carbocycles. The molecule has 0 aromatic heterocycles. The third-order valence-electron chi connectivity index (χ3n) is 6.45. The number of nitriles is 1. The van der Waals surface area contributed by atoms with Gasteiger partial charge in [-0.05, 0) is 90.6 Å². The molecule has 1 fully saturated rings. The number of nitrogens with zero attached hydrogens (tertiary/aromatic N) is 1. The molecule has 31 heavy (non-hydrogen) atoms. The van der Waals surface area contributed by atoms with Crippen molar-refractivity contribution in [2.24, 2.45) is 5.92 Å². The van der Waals surface area contributed by atoms with Gasteiger partial charge in [0.1, 0.15) is 5.75 Å². The second-order valence-corrected chi connectivity index (χ2v) is 8.35. The summed E-state index contributed by atoms with van der Waals surface area (Å²) < 4.78 is 5.56. The van der Waals surface area contributed by atoms with E-state index in [9.17, 15) is 4.79 Å². The fraction of sp³-hybridized carbons (Fsp3) is 0.286. The van der Waals surface area contributed by atoms with Gasteiger partial charge in [0.15, 0.2) is 0 Å². The maximum atomic E-state index is 12.6. The smallest absolute Gasteiger partial charge is 0.343 e. The highest BCUT2D eigenvalue weighted by molar-refractivity contribution is 5.91. The molecule has 0 heterocycles. The van der Waals surface area contributed by atoms with E-state index in [2.05, 4.69) is 25.1 Å². The van der Waals surface area contributed by atoms with Crippen LogP contribution in [0.15, 0.2) is 72.8 Å². The monoisotopic (exact) mass is 409 g/mol. The molecule has 1 saturated carbocycles. The molecule has 3 nitrogen and oxygen atoms in total. The Morgan fingerprint density at radius 2 is 1.45 bits per heavy atom. The van der Waals surface area contributed by atoms with Crippen molar-refractivity contribution in [2.75, 3.05) is 0 Å². The zero-order valence-corrected chi connectivity index (χ0v) is 17.9. The van der Waals surface area contributed by atoms with Gasteiger partial charge in [0.25, 0.3) is 0 Å². The first-order valence-corrected chi connectivity index (χ1v) is 11.1. The molecule has 0 radical (unpaired) electrons. The van der Waals surface area contributed by atoms with Gasteiger partial charge in [-0.2, -0.15) is 5.26 Å². The Morgan fingerprint density at radius 1 is 0.871 bits per heavy atom. The van der Waals surface area contributed by atoms with Crippen LogP contribution < -0.4 is 4.74 Å². The van der Waals surface area contributed by atoms with Gasteiger partial charge in [0, 0.05) is 0 Å². The standard InChI is InChI=1S/C28H27NO2/c1-2-20-3-7-22(8-4-20)24-11-13-26(14-12-24)28(30)31-27-17-15-25(16-18-27)23-9-5-21(19-29)6-10-23/h5-6,9-18,20,22H,2-4,7-8H2,1H3. The SMILES string of the molecule is CCC1CCC(c2ccc(C(=O)Oc3ccc(-c4ccc(C#N)cc4)cc3)cc2)CC1. The lowest BCUT2D eigenvalue weighted by atomic mass is 9.78. The lowest BCUT2D eigenvalue weighted by Crippen LogP contribution is -2.13. The van der Waals surface area contributed by atoms with Crippen LogP contribution in [0.5, 0.6) is 5.75 Å². The van der Waals surface area contributed by atoms with Crippen molar-refractivity contribution in [3.05, 3.63) is 89.5 Å². The summed E-state index contributed by atoms with van der Waals surface area (Å²) in [5.74, 6) is 1.67. The van der Waals surface area contributed by atoms with Crippen LogP contribution in [0.25, 0.3) is 11.1 Å². The molecule has 0 bridgehead atoms. The molecule has 0 atom stereocenters. The van der Waals surface area contributed by atoms with Gasteiger partial charge < -0.3 is 4.74 Å². The topological polar surface area (TPSA) is 50.1 Å². The van der Waals surface area contributed by atoms with E-state index in [1.807, 2.05) is 36.4 Å². The van der Waals surface area contributed by atoms with Crippen LogP contribution in [0.4, 0.5) is 0 Å². The molecular formula is C28H27NO2. The van der Waals surface area contributed by atoms with Crippen molar-refractivity contribution in [3.63, 3.8) is 0 Å². The fourth-order valence-electron chi connectivity index (χ4n) is 4.41. The highest BCUT2D eigenvalue weighted by Crippen LogP contribution is 2.37. The molecule has 0 aliphatic heterocycles. The van der Waals surface area contributed by atoms with Gasteiger partial charge in [-0.25, -0.2) is 4.79 Å². The van der Waals surface area contributed by atoms with E-state index >= 15 is 0 Å². The Labute approximate surface area is 184 Å². The summed E-state index contributed by atoms with van der Waals surface area (Å²) in [4.78, 5) is 12.6. The first-order valence-electron chi connectivity index (χ1n) is 11.1. The number of hydrogen-bond acceptors (Lipinski definition) is 3. The van der Waals surface area contributed by atoms with Crippen molar-refractivity contribution in [1.82, 2.24) is 0 Å². The van der Waals surface area contributed by atoms with Crippen LogP contribution in [0.1, 0.15) is 66.4 Å². The molecule has 4 rings (SSSR count). The summed E-state index contributed by atoms with van der Waals surface area (Å²) in [6.07, 6.45) is 6.39. The minimum Gasteiger partial charge on any atom is -0.423 e.